The number of carbonyl (C=O) groups excluding carboxylic acids is 8. The first-order valence-electron chi connectivity index (χ1n) is 42.5. The van der Waals surface area contributed by atoms with Crippen LogP contribution < -0.4 is 62.5 Å². The molecule has 7 aromatic rings. The van der Waals surface area contributed by atoms with Crippen LogP contribution in [0.3, 0.4) is 0 Å². The number of fused-ring (bicyclic) bond motifs is 18. The molecular formula is C91H105Cl2N9O26. The SMILES string of the molecule is CCCCCCCCCCCN[C@@]1(C)C[C@H](O[C@H]2[C@H](Oc3c4cc5cc3Oc3ccc(cc3Cl)[C@@H](O)[C@@H](NC(=O)[C@@H](CC(C)C)NC(=O)OCC3c6ccccc6-c6ccccc63)C(=O)N[C@@H](CC(N)=O)C(=O)N[C@H]5C(=O)N[C@H]3C(=O)N[C@H](C(=O)N[C@H](C(=O)O)c5cc(O)cc(O)c5-c5cc3ccc5O)[C@H](O)c3ccc(c(Cl)c3)O4)O[C@H](CO)[C@@H](O)[C@@H]2O)O[C@@H](C)[C@H]1O. The van der Waals surface area contributed by atoms with Crippen molar-refractivity contribution in [1.29, 1.82) is 0 Å². The standard InChI is InChI=1S/C91H105Cl2N9O26/c1-6-7-8-9-10-11-12-13-18-29-95-91(5)39-68(123-43(4)81(91)112)127-80-78(111)77(110)66(40-103)126-89(80)128-79-64-34-47-35-65(79)125-63-28-25-46(33-57(63)93)76(109)74-87(118)100-72(88(119)120)54-36-48(104)37-61(106)69(54)53-31-44(23-26-60(53)105)70(84(115)102-74)99-85(116)71(47)98-83(114)59(38-67(94)107)96-86(117)73(75(108)45-24-27-62(124-64)56(92)32-45)101-82(113)58(30-42(2)3)97-90(121)122-41-55-51-21-16-14-19-49(51)50-20-15-17-22-52(50)55/h14-17,19-28,31-37,42-43,55,58-59,66,68,70-78,80-81,89,95,103-106,108-112H,6-13,18,29-30,38-41H2,1-5H3,(H2,94,107)(H,96,117)(H,97,121)(H,98,114)(H,99,116)(H,100,118)(H,101,113)(H,102,115)(H,119,120)/t43-,58+,59-,66+,68-,70+,71+,72-,73+,74-,75+,76+,77+,78-,80+,81+,89-,91-/m0/s1. The summed E-state index contributed by atoms with van der Waals surface area (Å²) in [6.45, 7) is 8.31. The molecule has 7 aliphatic heterocycles. The fraction of sp³-hybridized carbons (Fsp3) is 0.440. The largest absolute Gasteiger partial charge is 0.508 e. The Morgan fingerprint density at radius 2 is 1.22 bits per heavy atom. The maximum atomic E-state index is 16.4. The molecule has 128 heavy (non-hydrogen) atoms. The average Bonchev–Trinajstić information content (AvgIpc) is 1.42. The zero-order chi connectivity index (χ0) is 91.9. The molecule has 2 fully saturated rings. The van der Waals surface area contributed by atoms with E-state index in [4.69, 9.17) is 62.1 Å². The Morgan fingerprint density at radius 1 is 0.625 bits per heavy atom. The van der Waals surface area contributed by atoms with Crippen LogP contribution in [0.15, 0.2) is 127 Å². The van der Waals surface area contributed by atoms with Gasteiger partial charge in [-0.1, -0.05) is 162 Å². The average molecular weight is 1810 g/mol. The van der Waals surface area contributed by atoms with E-state index in [-0.39, 0.29) is 47.8 Å². The minimum absolute atomic E-state index is 0.103. The van der Waals surface area contributed by atoms with Crippen LogP contribution in [0.2, 0.25) is 10.0 Å². The molecule has 8 amide bonds. The van der Waals surface area contributed by atoms with E-state index in [1.807, 2.05) is 48.5 Å². The highest BCUT2D eigenvalue weighted by molar-refractivity contribution is 6.32. The molecule has 7 heterocycles. The lowest BCUT2D eigenvalue weighted by Crippen LogP contribution is -2.65. The van der Waals surface area contributed by atoms with Crippen LogP contribution in [0.25, 0.3) is 22.3 Å². The third kappa shape index (κ3) is 21.1. The van der Waals surface area contributed by atoms with E-state index >= 15 is 28.8 Å². The number of carbonyl (C=O) groups is 9. The van der Waals surface area contributed by atoms with E-state index in [1.54, 1.807) is 27.7 Å². The number of amides is 8. The van der Waals surface area contributed by atoms with Crippen molar-refractivity contribution in [2.45, 2.75) is 227 Å². The van der Waals surface area contributed by atoms with Crippen molar-refractivity contribution in [3.8, 4) is 68.2 Å². The second-order valence-electron chi connectivity index (χ2n) is 33.6. The maximum Gasteiger partial charge on any atom is 0.407 e. The lowest BCUT2D eigenvalue weighted by molar-refractivity contribution is -0.334. The smallest absolute Gasteiger partial charge is 0.407 e. The Labute approximate surface area is 745 Å². The monoisotopic (exact) mass is 1810 g/mol. The predicted molar refractivity (Wildman–Crippen MR) is 459 cm³/mol. The van der Waals surface area contributed by atoms with Crippen LogP contribution >= 0.6 is 23.2 Å². The van der Waals surface area contributed by atoms with Crippen LogP contribution in [0.5, 0.6) is 46.0 Å². The quantitative estimate of drug-likeness (QED) is 0.0232. The summed E-state index contributed by atoms with van der Waals surface area (Å²) in [5.74, 6) is -17.3. The number of unbranched alkanes of at least 4 members (excludes halogenated alkanes) is 8. The van der Waals surface area contributed by atoms with Gasteiger partial charge in [0, 0.05) is 40.6 Å². The Kier molecular flexibility index (Phi) is 30.1. The van der Waals surface area contributed by atoms with E-state index in [9.17, 15) is 65.4 Å². The number of primary amides is 1. The van der Waals surface area contributed by atoms with Gasteiger partial charge in [0.1, 0.15) is 102 Å². The second kappa shape index (κ2) is 40.9. The number of nitrogens with two attached hydrogens (primary N) is 1. The van der Waals surface area contributed by atoms with E-state index in [1.165, 1.54) is 25.0 Å². The van der Waals surface area contributed by atoms with E-state index in [0.717, 1.165) is 134 Å². The molecule has 0 spiro atoms. The third-order valence-electron chi connectivity index (χ3n) is 23.8. The first-order chi connectivity index (χ1) is 61.1. The predicted octanol–water partition coefficient (Wildman–Crippen LogP) is 7.59. The van der Waals surface area contributed by atoms with Crippen molar-refractivity contribution in [2.75, 3.05) is 19.8 Å². The summed E-state index contributed by atoms with van der Waals surface area (Å²) in [7, 11) is 0. The Morgan fingerprint density at radius 3 is 1.83 bits per heavy atom. The summed E-state index contributed by atoms with van der Waals surface area (Å²) in [4.78, 5) is 134. The number of phenolic OH excluding ortho intramolecular Hbond substituents is 3. The zero-order valence-electron chi connectivity index (χ0n) is 70.5. The number of rotatable bonds is 26. The molecule has 15 rings (SSSR count). The molecule has 8 aliphatic rings. The molecule has 35 nitrogen and oxygen atoms in total. The molecule has 0 radical (unpaired) electrons. The number of carboxylic acids is 1. The molecule has 11 bridgehead atoms. The lowest BCUT2D eigenvalue weighted by atomic mass is 9.84. The summed E-state index contributed by atoms with van der Waals surface area (Å²) in [6.07, 6.45) is -10.5. The number of hydrogen-bond donors (Lipinski definition) is 19. The van der Waals surface area contributed by atoms with Gasteiger partial charge < -0.3 is 132 Å². The molecule has 0 saturated carbocycles. The van der Waals surface area contributed by atoms with Crippen molar-refractivity contribution in [3.05, 3.63) is 176 Å². The minimum Gasteiger partial charge on any atom is -0.508 e. The molecule has 1 aliphatic carbocycles. The topological polar surface area (TPSA) is 543 Å². The number of aliphatic hydroxyl groups excluding tert-OH is 6. The summed E-state index contributed by atoms with van der Waals surface area (Å²) in [6, 6.07) is 13.5. The van der Waals surface area contributed by atoms with Gasteiger partial charge in [-0.15, -0.1) is 0 Å². The van der Waals surface area contributed by atoms with Gasteiger partial charge in [-0.25, -0.2) is 9.59 Å². The van der Waals surface area contributed by atoms with Crippen LogP contribution in [0, 0.1) is 5.92 Å². The number of aliphatic carboxylic acids is 1. The summed E-state index contributed by atoms with van der Waals surface area (Å²) < 4.78 is 45.5. The first-order valence-corrected chi connectivity index (χ1v) is 43.2. The molecule has 684 valence electrons. The van der Waals surface area contributed by atoms with Gasteiger partial charge in [0.05, 0.1) is 35.3 Å². The van der Waals surface area contributed by atoms with Gasteiger partial charge in [-0.2, -0.15) is 0 Å². The van der Waals surface area contributed by atoms with Gasteiger partial charge >= 0.3 is 12.1 Å². The zero-order valence-corrected chi connectivity index (χ0v) is 72.0. The highest BCUT2D eigenvalue weighted by atomic mass is 35.5. The van der Waals surface area contributed by atoms with Gasteiger partial charge in [0.2, 0.25) is 53.4 Å². The molecule has 20 N–H and O–H groups in total. The molecule has 7 aromatic carbocycles. The number of ether oxygens (including phenoxy) is 7. The number of carboxylic acid groups (broad SMARTS) is 1. The Hall–Kier alpha value is -11.5. The fourth-order valence-electron chi connectivity index (χ4n) is 17.1. The number of benzene rings is 7. The van der Waals surface area contributed by atoms with Crippen LogP contribution in [0.1, 0.15) is 187 Å². The van der Waals surface area contributed by atoms with E-state index < -0.39 is 254 Å². The van der Waals surface area contributed by atoms with E-state index in [0.29, 0.717) is 6.54 Å². The fourth-order valence-corrected chi connectivity index (χ4v) is 17.6. The molecule has 2 saturated heterocycles. The molecule has 37 heteroatoms. The van der Waals surface area contributed by atoms with Gasteiger partial charge in [-0.3, -0.25) is 33.6 Å². The van der Waals surface area contributed by atoms with Crippen molar-refractivity contribution in [1.82, 2.24) is 42.5 Å². The highest BCUT2D eigenvalue weighted by Gasteiger charge is 2.53. The Balaban J connectivity index is 0.942. The minimum atomic E-state index is -2.41. The van der Waals surface area contributed by atoms with E-state index in [2.05, 4.69) is 49.5 Å². The van der Waals surface area contributed by atoms with Gasteiger partial charge in [-0.05, 0) is 138 Å². The van der Waals surface area contributed by atoms with Crippen LogP contribution in [-0.4, -0.2) is 203 Å². The normalized spacial score (nSPS) is 26.0. The number of halogens is 2. The van der Waals surface area contributed by atoms with Crippen molar-refractivity contribution in [2.24, 2.45) is 11.7 Å². The number of aromatic hydroxyl groups is 3. The lowest BCUT2D eigenvalue weighted by Gasteiger charge is -2.48. The summed E-state index contributed by atoms with van der Waals surface area (Å²) in [5, 5.41) is 137. The van der Waals surface area contributed by atoms with Gasteiger partial charge in [0.25, 0.3) is 0 Å². The molecule has 0 unspecified atom stereocenters. The molecular weight excluding hydrogens is 1710 g/mol. The van der Waals surface area contributed by atoms with Crippen molar-refractivity contribution in [3.63, 3.8) is 0 Å². The number of aliphatic hydroxyl groups is 6. The van der Waals surface area contributed by atoms with Crippen molar-refractivity contribution < 1.29 is 127 Å². The second-order valence-corrected chi connectivity index (χ2v) is 34.4. The van der Waals surface area contributed by atoms with Crippen molar-refractivity contribution >= 4 is 76.6 Å². The highest BCUT2D eigenvalue weighted by Crippen LogP contribution is 2.51. The number of alkyl carbamates (subject to hydrolysis) is 1. The number of nitrogens with one attached hydrogen (secondary N) is 8. The summed E-state index contributed by atoms with van der Waals surface area (Å²) >= 11 is 14.4. The molecule has 18 atom stereocenters. The number of hydrogen-bond acceptors (Lipinski definition) is 26. The molecule has 0 aromatic heterocycles. The summed E-state index contributed by atoms with van der Waals surface area (Å²) in [5.41, 5.74) is 5.38. The van der Waals surface area contributed by atoms with Crippen LogP contribution in [0.4, 0.5) is 4.79 Å². The number of phenols is 3. The first kappa shape index (κ1) is 94.2. The third-order valence-corrected chi connectivity index (χ3v) is 24.4. The Bertz CT molecular complexity index is 5270. The van der Waals surface area contributed by atoms with Gasteiger partial charge in [0.15, 0.2) is 29.9 Å². The van der Waals surface area contributed by atoms with Crippen LogP contribution in [-0.2, 0) is 57.3 Å². The maximum absolute atomic E-state index is 16.4.